The third-order valence-corrected chi connectivity index (χ3v) is 3.23. The van der Waals surface area contributed by atoms with Gasteiger partial charge in [0.15, 0.2) is 0 Å². The summed E-state index contributed by atoms with van der Waals surface area (Å²) in [5.41, 5.74) is 0.495. The molecule has 1 aliphatic rings. The Balaban J connectivity index is 1.86. The highest BCUT2D eigenvalue weighted by molar-refractivity contribution is 5.94. The molecule has 6 heteroatoms. The molecule has 0 unspecified atom stereocenters. The van der Waals surface area contributed by atoms with Gasteiger partial charge in [0, 0.05) is 45.5 Å². The van der Waals surface area contributed by atoms with E-state index in [0.29, 0.717) is 18.0 Å². The van der Waals surface area contributed by atoms with E-state index < -0.39 is 0 Å². The zero-order chi connectivity index (χ0) is 14.2. The molecule has 0 amide bonds. The zero-order valence-electron chi connectivity index (χ0n) is 11.9. The summed E-state index contributed by atoms with van der Waals surface area (Å²) in [6, 6.07) is 3.48. The van der Waals surface area contributed by atoms with Gasteiger partial charge >= 0.3 is 5.97 Å². The molecule has 1 aliphatic heterocycles. The second-order valence-electron chi connectivity index (χ2n) is 4.64. The second kappa shape index (κ2) is 7.81. The van der Waals surface area contributed by atoms with E-state index in [-0.39, 0.29) is 5.97 Å². The van der Waals surface area contributed by atoms with Crippen molar-refractivity contribution in [1.82, 2.24) is 15.2 Å². The van der Waals surface area contributed by atoms with E-state index in [1.807, 2.05) is 0 Å². The maximum atomic E-state index is 11.8. The number of pyridine rings is 1. The van der Waals surface area contributed by atoms with Crippen molar-refractivity contribution in [2.45, 2.75) is 6.92 Å². The molecule has 110 valence electrons. The topological polar surface area (TPSA) is 66.5 Å². The third-order valence-electron chi connectivity index (χ3n) is 3.23. The van der Waals surface area contributed by atoms with Crippen molar-refractivity contribution in [3.8, 4) is 0 Å². The lowest BCUT2D eigenvalue weighted by atomic mass is 10.2. The van der Waals surface area contributed by atoms with Gasteiger partial charge in [0.1, 0.15) is 11.4 Å². The molecule has 2 heterocycles. The Bertz CT molecular complexity index is 433. The number of carbonyl (C=O) groups excluding carboxylic acids is 1. The number of hydrogen-bond donors (Lipinski definition) is 2. The first-order valence-corrected chi connectivity index (χ1v) is 7.10. The number of esters is 1. The van der Waals surface area contributed by atoms with Crippen LogP contribution in [-0.2, 0) is 4.74 Å². The predicted octanol–water partition coefficient (Wildman–Crippen LogP) is 0.575. The standard InChI is InChI=1S/C14H22N4O2/c1-2-20-14(19)12-4-3-5-16-13(12)17-8-11-18-9-6-15-7-10-18/h3-5,15H,2,6-11H2,1H3,(H,16,17). The summed E-state index contributed by atoms with van der Waals surface area (Å²) in [7, 11) is 0. The Kier molecular flexibility index (Phi) is 5.76. The fourth-order valence-corrected chi connectivity index (χ4v) is 2.19. The molecule has 0 aliphatic carbocycles. The zero-order valence-corrected chi connectivity index (χ0v) is 11.9. The molecule has 0 bridgehead atoms. The van der Waals surface area contributed by atoms with Crippen LogP contribution in [0.5, 0.6) is 0 Å². The summed E-state index contributed by atoms with van der Waals surface area (Å²) in [4.78, 5) is 18.4. The SMILES string of the molecule is CCOC(=O)c1cccnc1NCCN1CCNCC1. The highest BCUT2D eigenvalue weighted by Crippen LogP contribution is 2.12. The Morgan fingerprint density at radius 3 is 3.05 bits per heavy atom. The molecule has 0 atom stereocenters. The second-order valence-corrected chi connectivity index (χ2v) is 4.64. The van der Waals surface area contributed by atoms with E-state index in [1.165, 1.54) is 0 Å². The van der Waals surface area contributed by atoms with Crippen molar-refractivity contribution in [1.29, 1.82) is 0 Å². The highest BCUT2D eigenvalue weighted by atomic mass is 16.5. The molecule has 1 saturated heterocycles. The molecule has 0 radical (unpaired) electrons. The van der Waals surface area contributed by atoms with Gasteiger partial charge in [-0.2, -0.15) is 0 Å². The van der Waals surface area contributed by atoms with Crippen LogP contribution in [0.15, 0.2) is 18.3 Å². The molecule has 1 aromatic heterocycles. The van der Waals surface area contributed by atoms with E-state index >= 15 is 0 Å². The van der Waals surface area contributed by atoms with Gasteiger partial charge in [-0.25, -0.2) is 9.78 Å². The first-order valence-electron chi connectivity index (χ1n) is 7.10. The summed E-state index contributed by atoms with van der Waals surface area (Å²) >= 11 is 0. The number of carbonyl (C=O) groups is 1. The van der Waals surface area contributed by atoms with Crippen molar-refractivity contribution in [3.05, 3.63) is 23.9 Å². The monoisotopic (exact) mass is 278 g/mol. The molecule has 6 nitrogen and oxygen atoms in total. The van der Waals surface area contributed by atoms with Crippen LogP contribution in [0.1, 0.15) is 17.3 Å². The quantitative estimate of drug-likeness (QED) is 0.742. The van der Waals surface area contributed by atoms with Gasteiger partial charge in [-0.3, -0.25) is 4.90 Å². The largest absolute Gasteiger partial charge is 0.462 e. The van der Waals surface area contributed by atoms with Crippen molar-refractivity contribution >= 4 is 11.8 Å². The van der Waals surface area contributed by atoms with Gasteiger partial charge in [-0.05, 0) is 19.1 Å². The van der Waals surface area contributed by atoms with Crippen LogP contribution in [0.25, 0.3) is 0 Å². The van der Waals surface area contributed by atoms with Crippen molar-refractivity contribution in [2.24, 2.45) is 0 Å². The van der Waals surface area contributed by atoms with Crippen LogP contribution in [0.3, 0.4) is 0 Å². The number of nitrogens with zero attached hydrogens (tertiary/aromatic N) is 2. The van der Waals surface area contributed by atoms with Gasteiger partial charge in [0.05, 0.1) is 6.61 Å². The number of aromatic nitrogens is 1. The lowest BCUT2D eigenvalue weighted by molar-refractivity contribution is 0.0527. The first kappa shape index (κ1) is 14.7. The van der Waals surface area contributed by atoms with Gasteiger partial charge < -0.3 is 15.4 Å². The fraction of sp³-hybridized carbons (Fsp3) is 0.571. The fourth-order valence-electron chi connectivity index (χ4n) is 2.19. The van der Waals surface area contributed by atoms with E-state index in [2.05, 4.69) is 20.5 Å². The van der Waals surface area contributed by atoms with Crippen LogP contribution in [0.4, 0.5) is 5.82 Å². The van der Waals surface area contributed by atoms with E-state index in [4.69, 9.17) is 4.74 Å². The van der Waals surface area contributed by atoms with Gasteiger partial charge in [-0.15, -0.1) is 0 Å². The maximum absolute atomic E-state index is 11.8. The van der Waals surface area contributed by atoms with Crippen molar-refractivity contribution < 1.29 is 9.53 Å². The Labute approximate surface area is 119 Å². The van der Waals surface area contributed by atoms with Crippen LogP contribution in [0, 0.1) is 0 Å². The Morgan fingerprint density at radius 2 is 2.30 bits per heavy atom. The normalized spacial score (nSPS) is 15.8. The van der Waals surface area contributed by atoms with Crippen molar-refractivity contribution in [3.63, 3.8) is 0 Å². The Hall–Kier alpha value is -1.66. The average molecular weight is 278 g/mol. The number of ether oxygens (including phenoxy) is 1. The summed E-state index contributed by atoms with van der Waals surface area (Å²) < 4.78 is 5.03. The minimum atomic E-state index is -0.328. The molecular weight excluding hydrogens is 256 g/mol. The molecule has 20 heavy (non-hydrogen) atoms. The lowest BCUT2D eigenvalue weighted by Gasteiger charge is -2.27. The molecule has 0 aromatic carbocycles. The van der Waals surface area contributed by atoms with Gasteiger partial charge in [0.25, 0.3) is 0 Å². The summed E-state index contributed by atoms with van der Waals surface area (Å²) in [5, 5.41) is 6.55. The van der Waals surface area contributed by atoms with Crippen LogP contribution in [0.2, 0.25) is 0 Å². The molecule has 2 N–H and O–H groups in total. The highest BCUT2D eigenvalue weighted by Gasteiger charge is 2.13. The molecule has 1 aromatic rings. The van der Waals surface area contributed by atoms with E-state index in [1.54, 1.807) is 25.3 Å². The van der Waals surface area contributed by atoms with E-state index in [0.717, 1.165) is 39.3 Å². The average Bonchev–Trinajstić information content (AvgIpc) is 2.49. The Morgan fingerprint density at radius 1 is 1.50 bits per heavy atom. The minimum absolute atomic E-state index is 0.328. The van der Waals surface area contributed by atoms with Crippen LogP contribution in [-0.4, -0.2) is 61.7 Å². The maximum Gasteiger partial charge on any atom is 0.341 e. The summed E-state index contributed by atoms with van der Waals surface area (Å²) in [6.45, 7) is 8.09. The van der Waals surface area contributed by atoms with E-state index in [9.17, 15) is 4.79 Å². The molecular formula is C14H22N4O2. The summed E-state index contributed by atoms with van der Waals surface area (Å²) in [6.07, 6.45) is 1.68. The third kappa shape index (κ3) is 4.18. The smallest absolute Gasteiger partial charge is 0.341 e. The summed E-state index contributed by atoms with van der Waals surface area (Å²) in [5.74, 6) is 0.270. The van der Waals surface area contributed by atoms with Gasteiger partial charge in [0.2, 0.25) is 0 Å². The minimum Gasteiger partial charge on any atom is -0.462 e. The molecule has 0 saturated carbocycles. The number of hydrogen-bond acceptors (Lipinski definition) is 6. The first-order chi connectivity index (χ1) is 9.81. The van der Waals surface area contributed by atoms with Crippen molar-refractivity contribution in [2.75, 3.05) is 51.2 Å². The lowest BCUT2D eigenvalue weighted by Crippen LogP contribution is -2.45. The van der Waals surface area contributed by atoms with Crippen LogP contribution >= 0.6 is 0 Å². The molecule has 0 spiro atoms. The van der Waals surface area contributed by atoms with Gasteiger partial charge in [-0.1, -0.05) is 0 Å². The molecule has 2 rings (SSSR count). The number of anilines is 1. The number of piperazine rings is 1. The molecule has 1 fully saturated rings. The predicted molar refractivity (Wildman–Crippen MR) is 78.0 cm³/mol. The number of nitrogens with one attached hydrogen (secondary N) is 2. The number of rotatable bonds is 6. The van der Waals surface area contributed by atoms with Crippen LogP contribution < -0.4 is 10.6 Å².